The Bertz CT molecular complexity index is 293. The topological polar surface area (TPSA) is 15.3 Å². The Morgan fingerprint density at radius 2 is 1.41 bits per heavy atom. The second-order valence-corrected chi connectivity index (χ2v) is 7.64. The van der Waals surface area contributed by atoms with Gasteiger partial charge in [0.1, 0.15) is 0 Å². The van der Waals surface area contributed by atoms with E-state index in [1.807, 2.05) is 0 Å². The molecule has 2 aliphatic heterocycles. The van der Waals surface area contributed by atoms with Gasteiger partial charge in [0, 0.05) is 24.2 Å². The number of hydrogen-bond donors (Lipinski definition) is 1. The summed E-state index contributed by atoms with van der Waals surface area (Å²) < 4.78 is 0. The van der Waals surface area contributed by atoms with Crippen LogP contribution in [0, 0.1) is 10.8 Å². The number of fused-ring (bicyclic) bond motifs is 2. The van der Waals surface area contributed by atoms with Gasteiger partial charge in [-0.15, -0.1) is 0 Å². The third kappa shape index (κ3) is 1.46. The van der Waals surface area contributed by atoms with Crippen LogP contribution in [0.2, 0.25) is 0 Å². The van der Waals surface area contributed by atoms with Gasteiger partial charge in [-0.1, -0.05) is 27.7 Å². The summed E-state index contributed by atoms with van der Waals surface area (Å²) >= 11 is 0. The molecule has 98 valence electrons. The van der Waals surface area contributed by atoms with Crippen LogP contribution in [0.25, 0.3) is 0 Å². The number of nitrogens with zero attached hydrogens (tertiary/aromatic N) is 1. The molecule has 1 N–H and O–H groups in total. The van der Waals surface area contributed by atoms with Gasteiger partial charge in [0.2, 0.25) is 0 Å². The average Bonchev–Trinajstić information content (AvgIpc) is 2.53. The fourth-order valence-corrected chi connectivity index (χ4v) is 4.78. The van der Waals surface area contributed by atoms with Crippen LogP contribution in [0.5, 0.6) is 0 Å². The van der Waals surface area contributed by atoms with Crippen molar-refractivity contribution in [3.63, 3.8) is 0 Å². The van der Waals surface area contributed by atoms with Crippen molar-refractivity contribution in [3.05, 3.63) is 0 Å². The summed E-state index contributed by atoms with van der Waals surface area (Å²) in [4.78, 5) is 2.91. The maximum atomic E-state index is 3.50. The van der Waals surface area contributed by atoms with E-state index >= 15 is 0 Å². The minimum absolute atomic E-state index is 0.514. The summed E-state index contributed by atoms with van der Waals surface area (Å²) in [7, 11) is 2.13. The Balaban J connectivity index is 1.79. The van der Waals surface area contributed by atoms with Crippen molar-refractivity contribution >= 4 is 0 Å². The molecule has 2 bridgehead atoms. The summed E-state index contributed by atoms with van der Waals surface area (Å²) in [5, 5.41) is 3.50. The van der Waals surface area contributed by atoms with Crippen molar-refractivity contribution in [3.8, 4) is 0 Å². The van der Waals surface area contributed by atoms with Crippen molar-refractivity contribution in [1.29, 1.82) is 0 Å². The zero-order valence-corrected chi connectivity index (χ0v) is 12.1. The van der Waals surface area contributed by atoms with Crippen molar-refractivity contribution < 1.29 is 0 Å². The molecule has 2 atom stereocenters. The second kappa shape index (κ2) is 3.48. The molecule has 1 saturated carbocycles. The van der Waals surface area contributed by atoms with Gasteiger partial charge in [-0.3, -0.25) is 4.90 Å². The van der Waals surface area contributed by atoms with Gasteiger partial charge in [0.25, 0.3) is 0 Å². The maximum Gasteiger partial charge on any atom is 0.0215 e. The number of piperidine rings is 1. The van der Waals surface area contributed by atoms with Gasteiger partial charge < -0.3 is 5.32 Å². The molecule has 0 amide bonds. The van der Waals surface area contributed by atoms with Gasteiger partial charge in [0.15, 0.2) is 0 Å². The highest BCUT2D eigenvalue weighted by atomic mass is 15.3. The van der Waals surface area contributed by atoms with E-state index in [-0.39, 0.29) is 0 Å². The molecular formula is C15H28N2. The van der Waals surface area contributed by atoms with Crippen molar-refractivity contribution in [2.24, 2.45) is 10.8 Å². The predicted octanol–water partition coefficient (Wildman–Crippen LogP) is 2.64. The van der Waals surface area contributed by atoms with Crippen molar-refractivity contribution in [2.75, 3.05) is 7.05 Å². The lowest BCUT2D eigenvalue weighted by Gasteiger charge is -2.40. The van der Waals surface area contributed by atoms with E-state index in [1.165, 1.54) is 25.7 Å². The average molecular weight is 236 g/mol. The van der Waals surface area contributed by atoms with Crippen LogP contribution in [0.3, 0.4) is 0 Å². The normalized spacial score (nSPS) is 43.9. The zero-order valence-electron chi connectivity index (χ0n) is 12.1. The van der Waals surface area contributed by atoms with Gasteiger partial charge in [-0.25, -0.2) is 0 Å². The molecule has 2 heterocycles. The highest BCUT2D eigenvalue weighted by Gasteiger charge is 2.69. The molecule has 0 aromatic rings. The minimum atomic E-state index is 0.514. The monoisotopic (exact) mass is 236 g/mol. The molecule has 0 spiro atoms. The first-order chi connectivity index (χ1) is 7.89. The van der Waals surface area contributed by atoms with Crippen LogP contribution < -0.4 is 5.32 Å². The van der Waals surface area contributed by atoms with E-state index in [4.69, 9.17) is 0 Å². The predicted molar refractivity (Wildman–Crippen MR) is 72.1 cm³/mol. The standard InChI is InChI=1S/C15H28N2/c1-14(2)13(15(14,3)4)17-11-6-7-12(17)9-10(8-11)16-5/h10-13,16H,6-9H2,1-5H3. The third-order valence-corrected chi connectivity index (χ3v) is 6.44. The molecule has 2 saturated heterocycles. The molecular weight excluding hydrogens is 208 g/mol. The SMILES string of the molecule is CNC1CC2CCC(C1)N2C1C(C)(C)C1(C)C. The zero-order chi connectivity index (χ0) is 12.4. The first kappa shape index (κ1) is 12.0. The van der Waals surface area contributed by atoms with Gasteiger partial charge in [-0.2, -0.15) is 0 Å². The molecule has 3 rings (SSSR count). The molecule has 2 heteroatoms. The number of nitrogens with one attached hydrogen (secondary N) is 1. The van der Waals surface area contributed by atoms with Gasteiger partial charge in [-0.05, 0) is 43.6 Å². The lowest BCUT2D eigenvalue weighted by molar-refractivity contribution is 0.0904. The van der Waals surface area contributed by atoms with E-state index < -0.39 is 0 Å². The van der Waals surface area contributed by atoms with E-state index in [0.717, 1.165) is 24.2 Å². The molecule has 3 fully saturated rings. The Hall–Kier alpha value is -0.0800. The Morgan fingerprint density at radius 3 is 1.76 bits per heavy atom. The number of hydrogen-bond acceptors (Lipinski definition) is 2. The fourth-order valence-electron chi connectivity index (χ4n) is 4.78. The summed E-state index contributed by atoms with van der Waals surface area (Å²) in [6.07, 6.45) is 5.61. The van der Waals surface area contributed by atoms with E-state index in [2.05, 4.69) is 45.0 Å². The summed E-state index contributed by atoms with van der Waals surface area (Å²) in [6, 6.07) is 3.31. The lowest BCUT2D eigenvalue weighted by Crippen LogP contribution is -2.50. The van der Waals surface area contributed by atoms with E-state index in [1.54, 1.807) is 0 Å². The summed E-state index contributed by atoms with van der Waals surface area (Å²) in [5.41, 5.74) is 1.03. The molecule has 1 aliphatic carbocycles. The van der Waals surface area contributed by atoms with Gasteiger partial charge >= 0.3 is 0 Å². The molecule has 0 aromatic heterocycles. The highest BCUT2D eigenvalue weighted by molar-refractivity contribution is 5.21. The summed E-state index contributed by atoms with van der Waals surface area (Å²) in [5.74, 6) is 0. The lowest BCUT2D eigenvalue weighted by atomic mass is 9.96. The van der Waals surface area contributed by atoms with E-state index in [0.29, 0.717) is 10.8 Å². The molecule has 2 nitrogen and oxygen atoms in total. The van der Waals surface area contributed by atoms with Crippen LogP contribution in [0.4, 0.5) is 0 Å². The number of rotatable bonds is 2. The largest absolute Gasteiger partial charge is 0.317 e. The van der Waals surface area contributed by atoms with Crippen LogP contribution in [-0.4, -0.2) is 36.1 Å². The first-order valence-corrected chi connectivity index (χ1v) is 7.34. The molecule has 2 unspecified atom stereocenters. The first-order valence-electron chi connectivity index (χ1n) is 7.34. The second-order valence-electron chi connectivity index (χ2n) is 7.64. The fraction of sp³-hybridized carbons (Fsp3) is 1.00. The summed E-state index contributed by atoms with van der Waals surface area (Å²) in [6.45, 7) is 9.84. The molecule has 3 aliphatic rings. The Labute approximate surface area is 106 Å². The van der Waals surface area contributed by atoms with Crippen LogP contribution in [-0.2, 0) is 0 Å². The van der Waals surface area contributed by atoms with Crippen LogP contribution in [0.1, 0.15) is 53.4 Å². The van der Waals surface area contributed by atoms with Crippen molar-refractivity contribution in [1.82, 2.24) is 10.2 Å². The maximum absolute atomic E-state index is 3.50. The minimum Gasteiger partial charge on any atom is -0.317 e. The highest BCUT2D eigenvalue weighted by Crippen LogP contribution is 2.67. The van der Waals surface area contributed by atoms with Crippen molar-refractivity contribution in [2.45, 2.75) is 77.5 Å². The molecule has 17 heavy (non-hydrogen) atoms. The van der Waals surface area contributed by atoms with Crippen LogP contribution in [0.15, 0.2) is 0 Å². The smallest absolute Gasteiger partial charge is 0.0215 e. The molecule has 0 radical (unpaired) electrons. The third-order valence-electron chi connectivity index (χ3n) is 6.44. The molecule has 0 aromatic carbocycles. The van der Waals surface area contributed by atoms with E-state index in [9.17, 15) is 0 Å². The Morgan fingerprint density at radius 1 is 0.941 bits per heavy atom. The quantitative estimate of drug-likeness (QED) is 0.793. The Kier molecular flexibility index (Phi) is 2.45. The van der Waals surface area contributed by atoms with Gasteiger partial charge in [0.05, 0.1) is 0 Å². The van der Waals surface area contributed by atoms with Crippen LogP contribution >= 0.6 is 0 Å².